The first-order valence-corrected chi connectivity index (χ1v) is 0.612. The minimum absolute atomic E-state index is 0. The van der Waals surface area contributed by atoms with E-state index >= 15 is 0 Å². The van der Waals surface area contributed by atoms with Gasteiger partial charge in [-0.3, -0.25) is 0 Å². The molecule has 7 heavy (non-hydrogen) atoms. The first-order valence-electron chi connectivity index (χ1n) is 0.612. The van der Waals surface area contributed by atoms with Crippen molar-refractivity contribution >= 4 is 23.5 Å². The van der Waals surface area contributed by atoms with E-state index in [1.165, 1.54) is 0 Å². The number of rotatable bonds is 0. The van der Waals surface area contributed by atoms with Gasteiger partial charge in [-0.2, -0.15) is 0 Å². The van der Waals surface area contributed by atoms with Crippen molar-refractivity contribution in [2.75, 3.05) is 0 Å². The van der Waals surface area contributed by atoms with E-state index < -0.39 is 6.16 Å². The Balaban J connectivity index is -0.0000000150. The van der Waals surface area contributed by atoms with Crippen molar-refractivity contribution in [1.29, 1.82) is 0 Å². The molecule has 0 saturated carbocycles. The molecule has 0 fully saturated rings. The zero-order valence-electron chi connectivity index (χ0n) is 3.03. The normalized spacial score (nSPS) is 3.43. The van der Waals surface area contributed by atoms with E-state index in [4.69, 9.17) is 15.0 Å². The fourth-order valence-electron chi connectivity index (χ4n) is 0. The van der Waals surface area contributed by atoms with Gasteiger partial charge in [-0.1, -0.05) is 0 Å². The van der Waals surface area contributed by atoms with Crippen LogP contribution in [-0.4, -0.2) is 23.5 Å². The molecule has 0 aliphatic carbocycles. The van der Waals surface area contributed by atoms with Gasteiger partial charge in [0.15, 0.2) is 0 Å². The molecule has 0 saturated heterocycles. The van der Waals surface area contributed by atoms with Crippen molar-refractivity contribution in [3.63, 3.8) is 0 Å². The zero-order valence-corrected chi connectivity index (χ0v) is 5.17. The van der Waals surface area contributed by atoms with Crippen molar-refractivity contribution in [3.8, 4) is 0 Å². The maximum atomic E-state index is 8.33. The van der Waals surface area contributed by atoms with Crippen LogP contribution in [0.2, 0.25) is 0 Å². The topological polar surface area (TPSA) is 91.7 Å². The van der Waals surface area contributed by atoms with Gasteiger partial charge >= 0.3 is 33.9 Å². The molecule has 40 valence electrons. The van der Waals surface area contributed by atoms with Gasteiger partial charge in [0.05, 0.1) is 0 Å². The summed E-state index contributed by atoms with van der Waals surface area (Å²) < 4.78 is 0. The summed E-state index contributed by atoms with van der Waals surface area (Å²) in [4.78, 5) is 8.33. The van der Waals surface area contributed by atoms with Crippen LogP contribution >= 0.6 is 0 Å². The predicted molar refractivity (Wildman–Crippen MR) is 11.8 cm³/mol. The van der Waals surface area contributed by atoms with E-state index in [2.05, 4.69) is 0 Å². The maximum absolute atomic E-state index is 8.33. The van der Waals surface area contributed by atoms with E-state index in [0.717, 1.165) is 0 Å². The van der Waals surface area contributed by atoms with Crippen LogP contribution < -0.4 is 10.2 Å². The van der Waals surface area contributed by atoms with E-state index in [9.17, 15) is 0 Å². The first-order chi connectivity index (χ1) is 1.73. The number of hydrogen-bond acceptors (Lipinski definition) is 3. The Morgan fingerprint density at radius 2 is 1.29 bits per heavy atom. The molecule has 0 aliphatic heterocycles. The van der Waals surface area contributed by atoms with E-state index in [1.54, 1.807) is 0 Å². The minimum atomic E-state index is -2.33. The molecule has 0 aliphatic rings. The van der Waals surface area contributed by atoms with Crippen LogP contribution in [0.15, 0.2) is 0 Å². The molecule has 0 N–H and O–H groups in total. The monoisotopic (exact) mass is 161 g/mol. The fraction of sp³-hybridized carbons (Fsp3) is 0. The molecule has 0 atom stereocenters. The van der Waals surface area contributed by atoms with Crippen molar-refractivity contribution < 1.29 is 37.0 Å². The van der Waals surface area contributed by atoms with Crippen molar-refractivity contribution in [2.24, 2.45) is 0 Å². The summed E-state index contributed by atoms with van der Waals surface area (Å²) in [6.45, 7) is 0. The van der Waals surface area contributed by atoms with Gasteiger partial charge in [-0.05, 0) is 6.16 Å². The molecule has 0 amide bonds. The van der Waals surface area contributed by atoms with Crippen LogP contribution in [0.25, 0.3) is 0 Å². The molecule has 0 rings (SSSR count). The van der Waals surface area contributed by atoms with Gasteiger partial charge in [0.25, 0.3) is 0 Å². The molecule has 0 unspecified atom stereocenters. The average molecular weight is 162 g/mol. The SMILES string of the molecule is O=C([O-])[O-].[Al+3].[Ni+2].[O-2]. The third-order valence-corrected chi connectivity index (χ3v) is 0. The van der Waals surface area contributed by atoms with Gasteiger partial charge in [0.2, 0.25) is 0 Å². The van der Waals surface area contributed by atoms with Gasteiger partial charge < -0.3 is 20.5 Å². The fourth-order valence-corrected chi connectivity index (χ4v) is 0. The maximum Gasteiger partial charge on any atom is 3.00 e. The summed E-state index contributed by atoms with van der Waals surface area (Å²) in [5.41, 5.74) is 0. The smallest absolute Gasteiger partial charge is 2.00 e. The van der Waals surface area contributed by atoms with Crippen molar-refractivity contribution in [1.82, 2.24) is 0 Å². The van der Waals surface area contributed by atoms with Gasteiger partial charge in [0, 0.05) is 0 Å². The summed E-state index contributed by atoms with van der Waals surface area (Å²) in [5.74, 6) is 0. The van der Waals surface area contributed by atoms with Crippen LogP contribution in [0.4, 0.5) is 4.79 Å². The van der Waals surface area contributed by atoms with Gasteiger partial charge in [-0.15, -0.1) is 0 Å². The number of carbonyl (C=O) groups is 1. The van der Waals surface area contributed by atoms with Crippen LogP contribution in [0, 0.1) is 0 Å². The van der Waals surface area contributed by atoms with Crippen molar-refractivity contribution in [3.05, 3.63) is 0 Å². The van der Waals surface area contributed by atoms with Crippen molar-refractivity contribution in [2.45, 2.75) is 0 Å². The number of hydrogen-bond donors (Lipinski definition) is 0. The summed E-state index contributed by atoms with van der Waals surface area (Å²) in [6, 6.07) is 0. The Labute approximate surface area is 60.9 Å². The standard InChI is InChI=1S/CH2O3.Al.Ni.O/c2-1(3)4;;;/h(H2,2,3,4);;;/q;+3;+2;-2/p-2. The molecule has 0 aromatic rings. The second kappa shape index (κ2) is 16.3. The third kappa shape index (κ3) is 1730. The molecule has 0 aromatic heterocycles. The van der Waals surface area contributed by atoms with Crippen LogP contribution in [0.1, 0.15) is 0 Å². The van der Waals surface area contributed by atoms with Gasteiger partial charge in [0.1, 0.15) is 0 Å². The van der Waals surface area contributed by atoms with E-state index in [0.29, 0.717) is 0 Å². The summed E-state index contributed by atoms with van der Waals surface area (Å²) >= 11 is 0. The van der Waals surface area contributed by atoms with E-state index in [1.807, 2.05) is 0 Å². The Hall–Kier alpha value is 0.256. The molecule has 0 aromatic carbocycles. The molecular weight excluding hydrogens is 162 g/mol. The average Bonchev–Trinajstić information content (AvgIpc) is 0.811. The Morgan fingerprint density at radius 3 is 1.29 bits per heavy atom. The minimum Gasteiger partial charge on any atom is -2.00 e. The largest absolute Gasteiger partial charge is 3.00 e. The molecule has 4 nitrogen and oxygen atoms in total. The van der Waals surface area contributed by atoms with Crippen LogP contribution in [0.3, 0.4) is 0 Å². The van der Waals surface area contributed by atoms with E-state index in [-0.39, 0.29) is 39.3 Å². The molecule has 0 radical (unpaired) electrons. The second-order valence-corrected chi connectivity index (χ2v) is 0.250. The Morgan fingerprint density at radius 1 is 1.29 bits per heavy atom. The summed E-state index contributed by atoms with van der Waals surface area (Å²) in [7, 11) is 0. The Kier molecular flexibility index (Phi) is 62.4. The number of carbonyl (C=O) groups excluding carboxylic acids is 1. The summed E-state index contributed by atoms with van der Waals surface area (Å²) in [6.07, 6.45) is -2.33. The third-order valence-electron chi connectivity index (χ3n) is 0. The zero-order chi connectivity index (χ0) is 3.58. The quantitative estimate of drug-likeness (QED) is 0.356. The van der Waals surface area contributed by atoms with Gasteiger partial charge in [-0.25, -0.2) is 0 Å². The molecule has 0 heterocycles. The van der Waals surface area contributed by atoms with Crippen LogP contribution in [0.5, 0.6) is 0 Å². The molecule has 6 heteroatoms. The second-order valence-electron chi connectivity index (χ2n) is 0.250. The summed E-state index contributed by atoms with van der Waals surface area (Å²) in [5, 5.41) is 16.7. The molecule has 0 bridgehead atoms. The predicted octanol–water partition coefficient (Wildman–Crippen LogP) is -2.95. The first kappa shape index (κ1) is 26.8. The van der Waals surface area contributed by atoms with Crippen LogP contribution in [-0.2, 0) is 22.0 Å². The molecule has 0 spiro atoms. The number of carboxylic acid groups (broad SMARTS) is 2. The molecular formula is CAlNiO4+. The Bertz CT molecular complexity index is 34.7.